The van der Waals surface area contributed by atoms with E-state index in [0.717, 1.165) is 9.86 Å². The highest BCUT2D eigenvalue weighted by Gasteiger charge is 2.16. The van der Waals surface area contributed by atoms with E-state index < -0.39 is 5.82 Å². The summed E-state index contributed by atoms with van der Waals surface area (Å²) in [5.41, 5.74) is 1.56. The predicted molar refractivity (Wildman–Crippen MR) is 81.3 cm³/mol. The lowest BCUT2D eigenvalue weighted by Crippen LogP contribution is -2.01. The highest BCUT2D eigenvalue weighted by atomic mass is 79.9. The molecule has 0 aliphatic carbocycles. The molecule has 0 saturated heterocycles. The number of nitrogens with one attached hydrogen (secondary N) is 1. The average Bonchev–Trinajstić information content (AvgIpc) is 2.84. The molecule has 3 rings (SSSR count). The van der Waals surface area contributed by atoms with E-state index >= 15 is 0 Å². The second kappa shape index (κ2) is 5.10. The van der Waals surface area contributed by atoms with Gasteiger partial charge in [-0.05, 0) is 56.1 Å². The van der Waals surface area contributed by atoms with Crippen LogP contribution < -0.4 is 0 Å². The van der Waals surface area contributed by atoms with Crippen LogP contribution in [0.5, 0.6) is 0 Å². The lowest BCUT2D eigenvalue weighted by Gasteiger charge is -2.01. The van der Waals surface area contributed by atoms with Crippen molar-refractivity contribution in [2.45, 2.75) is 0 Å². The van der Waals surface area contributed by atoms with Crippen molar-refractivity contribution >= 4 is 48.7 Å². The van der Waals surface area contributed by atoms with Gasteiger partial charge in [-0.2, -0.15) is 0 Å². The van der Waals surface area contributed by atoms with Gasteiger partial charge in [0, 0.05) is 33.4 Å². The van der Waals surface area contributed by atoms with Crippen LogP contribution in [0.4, 0.5) is 4.39 Å². The molecule has 20 heavy (non-hydrogen) atoms. The third-order valence-electron chi connectivity index (χ3n) is 2.92. The van der Waals surface area contributed by atoms with Crippen LogP contribution in [0.3, 0.4) is 0 Å². The molecule has 0 saturated carbocycles. The number of rotatable bonds is 2. The smallest absolute Gasteiger partial charge is 0.195 e. The molecule has 0 amide bonds. The van der Waals surface area contributed by atoms with Gasteiger partial charge in [-0.3, -0.25) is 4.79 Å². The molecule has 0 bridgehead atoms. The van der Waals surface area contributed by atoms with E-state index in [1.165, 1.54) is 18.2 Å². The van der Waals surface area contributed by atoms with Crippen LogP contribution in [0.15, 0.2) is 45.6 Å². The molecule has 6 heteroatoms. The number of carbonyl (C=O) groups excluding carboxylic acids is 1. The zero-order valence-electron chi connectivity index (χ0n) is 9.95. The Morgan fingerprint density at radius 2 is 2.05 bits per heavy atom. The Kier molecular flexibility index (Phi) is 3.43. The third kappa shape index (κ3) is 2.29. The third-order valence-corrected chi connectivity index (χ3v) is 3.97. The van der Waals surface area contributed by atoms with Crippen LogP contribution in [0, 0.1) is 5.82 Å². The van der Waals surface area contributed by atoms with E-state index in [9.17, 15) is 9.18 Å². The van der Waals surface area contributed by atoms with Gasteiger partial charge in [-0.15, -0.1) is 0 Å². The molecule has 2 aromatic heterocycles. The van der Waals surface area contributed by atoms with Crippen molar-refractivity contribution in [1.29, 1.82) is 0 Å². The summed E-state index contributed by atoms with van der Waals surface area (Å²) in [6.07, 6.45) is 3.27. The van der Waals surface area contributed by atoms with Crippen LogP contribution in [0.25, 0.3) is 11.0 Å². The highest BCUT2D eigenvalue weighted by Crippen LogP contribution is 2.24. The number of carbonyl (C=O) groups is 1. The Bertz CT molecular complexity index is 829. The molecule has 2 heterocycles. The van der Waals surface area contributed by atoms with Gasteiger partial charge in [0.2, 0.25) is 0 Å². The first-order valence-corrected chi connectivity index (χ1v) is 7.27. The maximum Gasteiger partial charge on any atom is 0.195 e. The topological polar surface area (TPSA) is 45.8 Å². The van der Waals surface area contributed by atoms with Gasteiger partial charge < -0.3 is 4.98 Å². The summed E-state index contributed by atoms with van der Waals surface area (Å²) in [4.78, 5) is 19.6. The summed E-state index contributed by atoms with van der Waals surface area (Å²) in [5.74, 6) is -0.582. The Morgan fingerprint density at radius 1 is 1.25 bits per heavy atom. The Balaban J connectivity index is 2.12. The maximum absolute atomic E-state index is 13.2. The summed E-state index contributed by atoms with van der Waals surface area (Å²) in [6, 6.07) is 6.03. The van der Waals surface area contributed by atoms with Crippen LogP contribution >= 0.6 is 31.9 Å². The van der Waals surface area contributed by atoms with Gasteiger partial charge >= 0.3 is 0 Å². The van der Waals surface area contributed by atoms with Crippen LogP contribution in [-0.4, -0.2) is 15.8 Å². The molecular weight excluding hydrogens is 391 g/mol. The zero-order valence-corrected chi connectivity index (χ0v) is 13.1. The van der Waals surface area contributed by atoms with Gasteiger partial charge in [0.15, 0.2) is 5.78 Å². The Hall–Kier alpha value is -1.53. The molecule has 0 radical (unpaired) electrons. The van der Waals surface area contributed by atoms with Crippen molar-refractivity contribution in [1.82, 2.24) is 9.97 Å². The van der Waals surface area contributed by atoms with Crippen molar-refractivity contribution in [2.75, 3.05) is 0 Å². The minimum Gasteiger partial charge on any atom is -0.345 e. The molecule has 0 aliphatic rings. The number of hydrogen-bond donors (Lipinski definition) is 1. The summed E-state index contributed by atoms with van der Waals surface area (Å²) < 4.78 is 14.3. The van der Waals surface area contributed by atoms with Gasteiger partial charge in [0.05, 0.1) is 4.47 Å². The molecule has 0 unspecified atom stereocenters. The van der Waals surface area contributed by atoms with Gasteiger partial charge in [0.1, 0.15) is 11.5 Å². The molecule has 3 nitrogen and oxygen atoms in total. The fourth-order valence-electron chi connectivity index (χ4n) is 1.96. The van der Waals surface area contributed by atoms with Gasteiger partial charge in [-0.25, -0.2) is 9.37 Å². The van der Waals surface area contributed by atoms with Crippen LogP contribution in [0.1, 0.15) is 15.9 Å². The summed E-state index contributed by atoms with van der Waals surface area (Å²) in [5, 5.41) is 0.727. The predicted octanol–water partition coefficient (Wildman–Crippen LogP) is 4.46. The first-order valence-electron chi connectivity index (χ1n) is 5.68. The minimum atomic E-state index is -0.398. The molecule has 0 spiro atoms. The first-order chi connectivity index (χ1) is 9.56. The maximum atomic E-state index is 13.2. The highest BCUT2D eigenvalue weighted by molar-refractivity contribution is 9.10. The van der Waals surface area contributed by atoms with Gasteiger partial charge in [-0.1, -0.05) is 0 Å². The number of fused-ring (bicyclic) bond motifs is 1. The molecular formula is C14H7Br2FN2O. The van der Waals surface area contributed by atoms with E-state index in [1.54, 1.807) is 12.4 Å². The number of ketones is 1. The van der Waals surface area contributed by atoms with Crippen LogP contribution in [-0.2, 0) is 0 Å². The largest absolute Gasteiger partial charge is 0.345 e. The first kappa shape index (κ1) is 13.5. The Morgan fingerprint density at radius 3 is 2.80 bits per heavy atom. The number of H-pyrrole nitrogens is 1. The zero-order chi connectivity index (χ0) is 14.3. The summed E-state index contributed by atoms with van der Waals surface area (Å²) >= 11 is 6.42. The fourth-order valence-corrected chi connectivity index (χ4v) is 2.67. The lowest BCUT2D eigenvalue weighted by atomic mass is 10.0. The Labute approximate surface area is 130 Å². The molecule has 100 valence electrons. The second-order valence-electron chi connectivity index (χ2n) is 4.21. The average molecular weight is 398 g/mol. The number of benzene rings is 1. The number of pyridine rings is 1. The van der Waals surface area contributed by atoms with Crippen molar-refractivity contribution in [3.05, 3.63) is 62.5 Å². The quantitative estimate of drug-likeness (QED) is 0.649. The van der Waals surface area contributed by atoms with E-state index in [4.69, 9.17) is 0 Å². The normalized spacial score (nSPS) is 10.9. The molecule has 0 fully saturated rings. The monoisotopic (exact) mass is 396 g/mol. The van der Waals surface area contributed by atoms with E-state index in [-0.39, 0.29) is 10.3 Å². The SMILES string of the molecule is O=C(c1ccc(F)c(Br)c1)c1c[nH]c2ncc(Br)cc12. The van der Waals surface area contributed by atoms with E-state index in [1.807, 2.05) is 6.07 Å². The van der Waals surface area contributed by atoms with Crippen LogP contribution in [0.2, 0.25) is 0 Å². The van der Waals surface area contributed by atoms with Crippen molar-refractivity contribution in [3.8, 4) is 0 Å². The lowest BCUT2D eigenvalue weighted by molar-refractivity contribution is 0.104. The number of aromatic nitrogens is 2. The number of halogens is 3. The molecule has 1 aromatic carbocycles. The molecule has 0 aliphatic heterocycles. The van der Waals surface area contributed by atoms with Crippen molar-refractivity contribution in [2.24, 2.45) is 0 Å². The van der Waals surface area contributed by atoms with E-state index in [0.29, 0.717) is 16.8 Å². The number of nitrogens with zero attached hydrogens (tertiary/aromatic N) is 1. The molecule has 3 aromatic rings. The van der Waals surface area contributed by atoms with Gasteiger partial charge in [0.25, 0.3) is 0 Å². The van der Waals surface area contributed by atoms with Crippen molar-refractivity contribution in [3.63, 3.8) is 0 Å². The van der Waals surface area contributed by atoms with E-state index in [2.05, 4.69) is 41.8 Å². The number of aromatic amines is 1. The number of hydrogen-bond acceptors (Lipinski definition) is 2. The fraction of sp³-hybridized carbons (Fsp3) is 0. The molecule has 0 atom stereocenters. The summed E-state index contributed by atoms with van der Waals surface area (Å²) in [7, 11) is 0. The minimum absolute atomic E-state index is 0.183. The second-order valence-corrected chi connectivity index (χ2v) is 5.98. The standard InChI is InChI=1S/C14H7Br2FN2O/c15-8-4-9-10(6-19-14(9)18-5-8)13(20)7-1-2-12(17)11(16)3-7/h1-6H,(H,18,19). The van der Waals surface area contributed by atoms with Crippen molar-refractivity contribution < 1.29 is 9.18 Å². The molecule has 1 N–H and O–H groups in total. The summed E-state index contributed by atoms with van der Waals surface area (Å²) in [6.45, 7) is 0.